The predicted octanol–water partition coefficient (Wildman–Crippen LogP) is 0.502. The first-order valence-electron chi connectivity index (χ1n) is 5.20. The van der Waals surface area contributed by atoms with E-state index < -0.39 is 0 Å². The summed E-state index contributed by atoms with van der Waals surface area (Å²) in [5, 5.41) is 11.3. The Balaban J connectivity index is 2.00. The number of nitrogens with one attached hydrogen (secondary N) is 1. The Morgan fingerprint density at radius 3 is 2.79 bits per heavy atom. The number of carbonyl (C=O) groups excluding carboxylic acids is 1. The number of hydrogen-bond acceptors (Lipinski definition) is 3. The van der Waals surface area contributed by atoms with Crippen LogP contribution in [-0.2, 0) is 4.79 Å². The normalized spacial score (nSPS) is 15.5. The molecular formula is C10H17N3O. The Kier molecular flexibility index (Phi) is 5.02. The second kappa shape index (κ2) is 6.39. The molecule has 0 atom stereocenters. The fourth-order valence-corrected chi connectivity index (χ4v) is 1.57. The van der Waals surface area contributed by atoms with E-state index >= 15 is 0 Å². The Morgan fingerprint density at radius 1 is 1.43 bits per heavy atom. The lowest BCUT2D eigenvalue weighted by Crippen LogP contribution is -2.36. The van der Waals surface area contributed by atoms with Crippen LogP contribution in [0.15, 0.2) is 0 Å². The zero-order valence-corrected chi connectivity index (χ0v) is 8.46. The van der Waals surface area contributed by atoms with Crippen molar-refractivity contribution >= 4 is 5.91 Å². The largest absolute Gasteiger partial charge is 0.342 e. The predicted molar refractivity (Wildman–Crippen MR) is 53.5 cm³/mol. The lowest BCUT2D eigenvalue weighted by Gasteiger charge is -2.15. The van der Waals surface area contributed by atoms with Crippen molar-refractivity contribution in [3.05, 3.63) is 0 Å². The number of unbranched alkanes of at least 4 members (excludes halogenated alkanes) is 1. The molecule has 14 heavy (non-hydrogen) atoms. The molecule has 0 saturated carbocycles. The summed E-state index contributed by atoms with van der Waals surface area (Å²) < 4.78 is 0. The molecule has 0 aromatic carbocycles. The van der Waals surface area contributed by atoms with Crippen LogP contribution in [0.25, 0.3) is 0 Å². The first kappa shape index (κ1) is 11.0. The van der Waals surface area contributed by atoms with Gasteiger partial charge in [0.25, 0.3) is 0 Å². The average molecular weight is 195 g/mol. The molecule has 0 radical (unpaired) electrons. The van der Waals surface area contributed by atoms with Crippen LogP contribution in [0.4, 0.5) is 0 Å². The van der Waals surface area contributed by atoms with Crippen molar-refractivity contribution in [2.75, 3.05) is 26.2 Å². The van der Waals surface area contributed by atoms with Gasteiger partial charge in [0.2, 0.25) is 5.91 Å². The summed E-state index contributed by atoms with van der Waals surface area (Å²) in [7, 11) is 0. The molecule has 1 saturated heterocycles. The standard InChI is InChI=1S/C10H17N3O/c11-5-1-2-6-12-9-10(14)13-7-3-4-8-13/h12H,1-4,6-9H2. The third-order valence-electron chi connectivity index (χ3n) is 2.38. The van der Waals surface area contributed by atoms with Gasteiger partial charge in [0.05, 0.1) is 12.6 Å². The molecule has 0 aliphatic carbocycles. The van der Waals surface area contributed by atoms with Gasteiger partial charge in [-0.3, -0.25) is 4.79 Å². The van der Waals surface area contributed by atoms with Gasteiger partial charge >= 0.3 is 0 Å². The third-order valence-corrected chi connectivity index (χ3v) is 2.38. The minimum Gasteiger partial charge on any atom is -0.342 e. The first-order chi connectivity index (χ1) is 6.84. The van der Waals surface area contributed by atoms with Crippen molar-refractivity contribution in [3.8, 4) is 6.07 Å². The van der Waals surface area contributed by atoms with Crippen molar-refractivity contribution in [3.63, 3.8) is 0 Å². The van der Waals surface area contributed by atoms with Crippen LogP contribution in [0.5, 0.6) is 0 Å². The highest BCUT2D eigenvalue weighted by molar-refractivity contribution is 5.78. The van der Waals surface area contributed by atoms with Crippen LogP contribution in [0, 0.1) is 11.3 Å². The highest BCUT2D eigenvalue weighted by atomic mass is 16.2. The Hall–Kier alpha value is -1.08. The smallest absolute Gasteiger partial charge is 0.236 e. The van der Waals surface area contributed by atoms with Crippen molar-refractivity contribution in [2.45, 2.75) is 25.7 Å². The van der Waals surface area contributed by atoms with Gasteiger partial charge in [-0.2, -0.15) is 5.26 Å². The van der Waals surface area contributed by atoms with E-state index in [2.05, 4.69) is 11.4 Å². The molecule has 4 nitrogen and oxygen atoms in total. The van der Waals surface area contributed by atoms with Crippen LogP contribution >= 0.6 is 0 Å². The van der Waals surface area contributed by atoms with Gasteiger partial charge in [0, 0.05) is 19.5 Å². The van der Waals surface area contributed by atoms with Gasteiger partial charge in [-0.1, -0.05) is 0 Å². The number of carbonyl (C=O) groups is 1. The minimum atomic E-state index is 0.194. The van der Waals surface area contributed by atoms with Gasteiger partial charge in [-0.25, -0.2) is 0 Å². The van der Waals surface area contributed by atoms with E-state index in [9.17, 15) is 4.79 Å². The molecule has 0 aromatic rings. The van der Waals surface area contributed by atoms with Gasteiger partial charge in [0.1, 0.15) is 0 Å². The number of rotatable bonds is 5. The lowest BCUT2D eigenvalue weighted by atomic mass is 10.3. The van der Waals surface area contributed by atoms with E-state index in [1.54, 1.807) is 0 Å². The van der Waals surface area contributed by atoms with E-state index in [1.807, 2.05) is 4.90 Å². The Labute approximate surface area is 84.9 Å². The van der Waals surface area contributed by atoms with E-state index in [1.165, 1.54) is 0 Å². The van der Waals surface area contributed by atoms with Crippen LogP contribution in [0.2, 0.25) is 0 Å². The fourth-order valence-electron chi connectivity index (χ4n) is 1.57. The van der Waals surface area contributed by atoms with Gasteiger partial charge in [0.15, 0.2) is 0 Å². The first-order valence-corrected chi connectivity index (χ1v) is 5.20. The number of amides is 1. The lowest BCUT2D eigenvalue weighted by molar-refractivity contribution is -0.129. The maximum absolute atomic E-state index is 11.5. The number of likely N-dealkylation sites (tertiary alicyclic amines) is 1. The van der Waals surface area contributed by atoms with E-state index in [4.69, 9.17) is 5.26 Å². The average Bonchev–Trinajstić information content (AvgIpc) is 2.70. The summed E-state index contributed by atoms with van der Waals surface area (Å²) in [6, 6.07) is 2.08. The fraction of sp³-hybridized carbons (Fsp3) is 0.800. The van der Waals surface area contributed by atoms with Crippen molar-refractivity contribution in [2.24, 2.45) is 0 Å². The molecule has 78 valence electrons. The Bertz CT molecular complexity index is 216. The topological polar surface area (TPSA) is 56.1 Å². The molecule has 1 amide bonds. The maximum atomic E-state index is 11.5. The summed E-state index contributed by atoms with van der Waals surface area (Å²) in [6.07, 6.45) is 3.66. The zero-order chi connectivity index (χ0) is 10.2. The van der Waals surface area contributed by atoms with Crippen LogP contribution in [0.3, 0.4) is 0 Å². The van der Waals surface area contributed by atoms with Crippen molar-refractivity contribution in [1.29, 1.82) is 5.26 Å². The summed E-state index contributed by atoms with van der Waals surface area (Å²) in [4.78, 5) is 13.4. The zero-order valence-electron chi connectivity index (χ0n) is 8.46. The maximum Gasteiger partial charge on any atom is 0.236 e. The highest BCUT2D eigenvalue weighted by Gasteiger charge is 2.16. The van der Waals surface area contributed by atoms with Gasteiger partial charge in [-0.15, -0.1) is 0 Å². The molecule has 0 aromatic heterocycles. The molecule has 0 unspecified atom stereocenters. The van der Waals surface area contributed by atoms with Gasteiger partial charge in [-0.05, 0) is 25.8 Å². The van der Waals surface area contributed by atoms with Crippen molar-refractivity contribution in [1.82, 2.24) is 10.2 Å². The molecule has 0 spiro atoms. The minimum absolute atomic E-state index is 0.194. The third kappa shape index (κ3) is 3.75. The quantitative estimate of drug-likeness (QED) is 0.650. The molecule has 1 aliphatic rings. The second-order valence-electron chi connectivity index (χ2n) is 3.53. The van der Waals surface area contributed by atoms with E-state index in [-0.39, 0.29) is 5.91 Å². The molecule has 1 N–H and O–H groups in total. The summed E-state index contributed by atoms with van der Waals surface area (Å²) in [6.45, 7) is 3.01. The summed E-state index contributed by atoms with van der Waals surface area (Å²) >= 11 is 0. The summed E-state index contributed by atoms with van der Waals surface area (Å²) in [5.74, 6) is 0.194. The van der Waals surface area contributed by atoms with E-state index in [0.717, 1.165) is 38.9 Å². The number of nitrogens with zero attached hydrogens (tertiary/aromatic N) is 2. The Morgan fingerprint density at radius 2 is 2.14 bits per heavy atom. The summed E-state index contributed by atoms with van der Waals surface area (Å²) in [5.41, 5.74) is 0. The molecule has 1 heterocycles. The van der Waals surface area contributed by atoms with Crippen molar-refractivity contribution < 1.29 is 4.79 Å². The van der Waals surface area contributed by atoms with Crippen LogP contribution in [-0.4, -0.2) is 37.0 Å². The van der Waals surface area contributed by atoms with Crippen LogP contribution < -0.4 is 5.32 Å². The molecule has 4 heteroatoms. The molecule has 1 aliphatic heterocycles. The van der Waals surface area contributed by atoms with E-state index in [0.29, 0.717) is 13.0 Å². The monoisotopic (exact) mass is 195 g/mol. The number of nitriles is 1. The highest BCUT2D eigenvalue weighted by Crippen LogP contribution is 2.06. The molecule has 1 rings (SSSR count). The second-order valence-corrected chi connectivity index (χ2v) is 3.53. The molecule has 0 bridgehead atoms. The molecular weight excluding hydrogens is 178 g/mol. The number of hydrogen-bond donors (Lipinski definition) is 1. The molecule has 1 fully saturated rings. The van der Waals surface area contributed by atoms with Gasteiger partial charge < -0.3 is 10.2 Å². The SMILES string of the molecule is N#CCCCNCC(=O)N1CCCC1. The van der Waals surface area contributed by atoms with Crippen LogP contribution in [0.1, 0.15) is 25.7 Å².